The van der Waals surface area contributed by atoms with E-state index in [1.165, 1.54) is 0 Å². The predicted octanol–water partition coefficient (Wildman–Crippen LogP) is 5.74. The van der Waals surface area contributed by atoms with Gasteiger partial charge in [0, 0.05) is 16.7 Å². The molecule has 0 saturated heterocycles. The van der Waals surface area contributed by atoms with Gasteiger partial charge in [-0.05, 0) is 74.0 Å². The van der Waals surface area contributed by atoms with Gasteiger partial charge in [0.25, 0.3) is 0 Å². The lowest BCUT2D eigenvalue weighted by Gasteiger charge is -2.10. The smallest absolute Gasteiger partial charge is 0.224 e. The van der Waals surface area contributed by atoms with Gasteiger partial charge in [0.1, 0.15) is 4.83 Å². The largest absolute Gasteiger partial charge is 0.258 e. The Hall–Kier alpha value is -1.78. The minimum Gasteiger partial charge on any atom is -0.258 e. The lowest BCUT2D eigenvalue weighted by Crippen LogP contribution is -1.92. The molecule has 0 spiro atoms. The SMILES string of the molecule is CC(C)=Nc1c(C)cc(-c2nc(Cl)nc3sccc23)cc1C. The van der Waals surface area contributed by atoms with Gasteiger partial charge >= 0.3 is 0 Å². The fourth-order valence-electron chi connectivity index (χ4n) is 2.54. The minimum atomic E-state index is 0.284. The molecule has 22 heavy (non-hydrogen) atoms. The minimum absolute atomic E-state index is 0.284. The Labute approximate surface area is 138 Å². The highest BCUT2D eigenvalue weighted by molar-refractivity contribution is 7.16. The monoisotopic (exact) mass is 329 g/mol. The van der Waals surface area contributed by atoms with Crippen LogP contribution in [-0.4, -0.2) is 15.7 Å². The average Bonchev–Trinajstić information content (AvgIpc) is 2.89. The number of aromatic nitrogens is 2. The second kappa shape index (κ2) is 5.78. The molecule has 0 aliphatic carbocycles. The van der Waals surface area contributed by atoms with E-state index >= 15 is 0 Å². The highest BCUT2D eigenvalue weighted by Gasteiger charge is 2.12. The van der Waals surface area contributed by atoms with E-state index in [9.17, 15) is 0 Å². The third-order valence-electron chi connectivity index (χ3n) is 3.40. The molecule has 5 heteroatoms. The molecule has 0 amide bonds. The highest BCUT2D eigenvalue weighted by Crippen LogP contribution is 2.34. The molecule has 2 aromatic heterocycles. The molecule has 0 bridgehead atoms. The van der Waals surface area contributed by atoms with Crippen LogP contribution in [0.5, 0.6) is 0 Å². The van der Waals surface area contributed by atoms with Crippen LogP contribution in [0.2, 0.25) is 5.28 Å². The first kappa shape index (κ1) is 15.1. The van der Waals surface area contributed by atoms with Gasteiger partial charge < -0.3 is 0 Å². The maximum Gasteiger partial charge on any atom is 0.224 e. The molecule has 0 radical (unpaired) electrons. The van der Waals surface area contributed by atoms with Crippen molar-refractivity contribution in [2.45, 2.75) is 27.7 Å². The second-order valence-corrected chi connectivity index (χ2v) is 6.73. The summed E-state index contributed by atoms with van der Waals surface area (Å²) < 4.78 is 0. The molecule has 2 heterocycles. The zero-order chi connectivity index (χ0) is 15.9. The van der Waals surface area contributed by atoms with Crippen molar-refractivity contribution in [1.29, 1.82) is 0 Å². The van der Waals surface area contributed by atoms with Gasteiger partial charge in [-0.1, -0.05) is 0 Å². The van der Waals surface area contributed by atoms with Crippen LogP contribution in [0.25, 0.3) is 21.5 Å². The van der Waals surface area contributed by atoms with Crippen molar-refractivity contribution in [3.8, 4) is 11.3 Å². The van der Waals surface area contributed by atoms with E-state index in [0.717, 1.165) is 44.0 Å². The number of nitrogens with zero attached hydrogens (tertiary/aromatic N) is 3. The number of rotatable bonds is 2. The number of benzene rings is 1. The standard InChI is InChI=1S/C17H16ClN3S/c1-9(2)19-14-10(3)7-12(8-11(14)4)15-13-5-6-22-16(13)21-17(18)20-15/h5-8H,1-4H3. The van der Waals surface area contributed by atoms with Gasteiger partial charge in [0.15, 0.2) is 0 Å². The Morgan fingerprint density at radius 3 is 2.45 bits per heavy atom. The Kier molecular flexibility index (Phi) is 3.98. The van der Waals surface area contributed by atoms with Crippen LogP contribution in [-0.2, 0) is 0 Å². The normalized spacial score (nSPS) is 11.0. The molecule has 3 aromatic rings. The zero-order valence-electron chi connectivity index (χ0n) is 12.9. The molecule has 112 valence electrons. The third kappa shape index (κ3) is 2.76. The quantitative estimate of drug-likeness (QED) is 0.444. The van der Waals surface area contributed by atoms with E-state index in [4.69, 9.17) is 11.6 Å². The van der Waals surface area contributed by atoms with Gasteiger partial charge in [-0.25, -0.2) is 9.97 Å². The number of halogens is 1. The lowest BCUT2D eigenvalue weighted by atomic mass is 10.0. The molecule has 1 aromatic carbocycles. The summed E-state index contributed by atoms with van der Waals surface area (Å²) in [5.41, 5.74) is 6.28. The molecule has 0 saturated carbocycles. The van der Waals surface area contributed by atoms with E-state index in [0.29, 0.717) is 0 Å². The van der Waals surface area contributed by atoms with Crippen LogP contribution in [0.3, 0.4) is 0 Å². The molecular formula is C17H16ClN3S. The van der Waals surface area contributed by atoms with Crippen LogP contribution in [0.4, 0.5) is 5.69 Å². The molecule has 0 aliphatic rings. The summed E-state index contributed by atoms with van der Waals surface area (Å²) in [6.45, 7) is 8.16. The van der Waals surface area contributed by atoms with Crippen LogP contribution >= 0.6 is 22.9 Å². The third-order valence-corrected chi connectivity index (χ3v) is 4.37. The van der Waals surface area contributed by atoms with Crippen molar-refractivity contribution >= 4 is 44.6 Å². The summed E-state index contributed by atoms with van der Waals surface area (Å²) in [6, 6.07) is 6.27. The summed E-state index contributed by atoms with van der Waals surface area (Å²) in [6.07, 6.45) is 0. The fraction of sp³-hybridized carbons (Fsp3) is 0.235. The Bertz CT molecular complexity index is 869. The van der Waals surface area contributed by atoms with Crippen molar-refractivity contribution in [2.75, 3.05) is 0 Å². The van der Waals surface area contributed by atoms with Gasteiger partial charge in [0.05, 0.1) is 11.4 Å². The number of fused-ring (bicyclic) bond motifs is 1. The lowest BCUT2D eigenvalue weighted by molar-refractivity contribution is 1.23. The van der Waals surface area contributed by atoms with E-state index in [-0.39, 0.29) is 5.28 Å². The molecule has 3 nitrogen and oxygen atoms in total. The topological polar surface area (TPSA) is 38.1 Å². The van der Waals surface area contributed by atoms with E-state index < -0.39 is 0 Å². The number of aryl methyl sites for hydroxylation is 2. The van der Waals surface area contributed by atoms with Crippen LogP contribution in [0.1, 0.15) is 25.0 Å². The van der Waals surface area contributed by atoms with Crippen molar-refractivity contribution in [3.05, 3.63) is 40.0 Å². The molecule has 0 fully saturated rings. The molecule has 0 atom stereocenters. The number of hydrogen-bond donors (Lipinski definition) is 0. The first-order valence-corrected chi connectivity index (χ1v) is 8.25. The van der Waals surface area contributed by atoms with Crippen molar-refractivity contribution in [2.24, 2.45) is 4.99 Å². The maximum atomic E-state index is 6.07. The van der Waals surface area contributed by atoms with Crippen LogP contribution in [0.15, 0.2) is 28.6 Å². The molecule has 0 unspecified atom stereocenters. The summed E-state index contributed by atoms with van der Waals surface area (Å²) >= 11 is 7.65. The average molecular weight is 330 g/mol. The molecule has 0 aliphatic heterocycles. The number of hydrogen-bond acceptors (Lipinski definition) is 4. The van der Waals surface area contributed by atoms with Gasteiger partial charge in [0.2, 0.25) is 5.28 Å². The number of thiophene rings is 1. The van der Waals surface area contributed by atoms with E-state index in [1.54, 1.807) is 11.3 Å². The summed E-state index contributed by atoms with van der Waals surface area (Å²) in [4.78, 5) is 14.3. The van der Waals surface area contributed by atoms with E-state index in [1.807, 2.05) is 25.3 Å². The summed E-state index contributed by atoms with van der Waals surface area (Å²) in [5.74, 6) is 0. The zero-order valence-corrected chi connectivity index (χ0v) is 14.5. The highest BCUT2D eigenvalue weighted by atomic mass is 35.5. The molecule has 3 rings (SSSR count). The summed E-state index contributed by atoms with van der Waals surface area (Å²) in [5, 5.41) is 3.33. The predicted molar refractivity (Wildman–Crippen MR) is 95.8 cm³/mol. The Morgan fingerprint density at radius 2 is 1.82 bits per heavy atom. The van der Waals surface area contributed by atoms with Gasteiger partial charge in [-0.15, -0.1) is 11.3 Å². The molecular weight excluding hydrogens is 314 g/mol. The fourth-order valence-corrected chi connectivity index (χ4v) is 3.53. The maximum absolute atomic E-state index is 6.07. The molecule has 0 N–H and O–H groups in total. The Morgan fingerprint density at radius 1 is 1.14 bits per heavy atom. The van der Waals surface area contributed by atoms with Crippen LogP contribution in [0, 0.1) is 13.8 Å². The second-order valence-electron chi connectivity index (χ2n) is 5.50. The first-order chi connectivity index (χ1) is 10.5. The first-order valence-electron chi connectivity index (χ1n) is 7.00. The Balaban J connectivity index is 2.24. The number of aliphatic imine (C=N–C) groups is 1. The summed E-state index contributed by atoms with van der Waals surface area (Å²) in [7, 11) is 0. The van der Waals surface area contributed by atoms with Crippen molar-refractivity contribution in [3.63, 3.8) is 0 Å². The van der Waals surface area contributed by atoms with Crippen LogP contribution < -0.4 is 0 Å². The van der Waals surface area contributed by atoms with Gasteiger partial charge in [-0.2, -0.15) is 0 Å². The van der Waals surface area contributed by atoms with Crippen molar-refractivity contribution < 1.29 is 0 Å². The van der Waals surface area contributed by atoms with Gasteiger partial charge in [-0.3, -0.25) is 4.99 Å². The van der Waals surface area contributed by atoms with E-state index in [2.05, 4.69) is 40.9 Å². The van der Waals surface area contributed by atoms with Crippen molar-refractivity contribution in [1.82, 2.24) is 9.97 Å².